The van der Waals surface area contributed by atoms with E-state index in [1.165, 1.54) is 51.6 Å². The second-order valence-electron chi connectivity index (χ2n) is 8.04. The molecule has 0 aromatic carbocycles. The van der Waals surface area contributed by atoms with Gasteiger partial charge in [0, 0.05) is 51.4 Å². The van der Waals surface area contributed by atoms with E-state index in [1.807, 2.05) is 31.4 Å². The summed E-state index contributed by atoms with van der Waals surface area (Å²) in [6, 6.07) is 7.37. The third-order valence-corrected chi connectivity index (χ3v) is 6.19. The predicted octanol–water partition coefficient (Wildman–Crippen LogP) is 2.85. The van der Waals surface area contributed by atoms with E-state index in [2.05, 4.69) is 35.1 Å². The molecular weight excluding hydrogens is 477 g/mol. The Hall–Kier alpha value is -1.42. The summed E-state index contributed by atoms with van der Waals surface area (Å²) in [5.41, 5.74) is 0.909. The van der Waals surface area contributed by atoms with E-state index in [1.54, 1.807) is 0 Å². The van der Waals surface area contributed by atoms with Crippen molar-refractivity contribution in [2.45, 2.75) is 63.5 Å². The number of rotatable bonds is 6. The molecule has 4 rings (SSSR count). The molecule has 3 heterocycles. The van der Waals surface area contributed by atoms with E-state index in [0.717, 1.165) is 42.9 Å². The van der Waals surface area contributed by atoms with Crippen LogP contribution < -0.4 is 10.6 Å². The zero-order valence-corrected chi connectivity index (χ0v) is 19.7. The molecule has 2 aromatic rings. The molecule has 8 heteroatoms. The summed E-state index contributed by atoms with van der Waals surface area (Å²) in [7, 11) is 1.86. The van der Waals surface area contributed by atoms with Gasteiger partial charge in [0.1, 0.15) is 5.82 Å². The number of aryl methyl sites for hydroxylation is 1. The molecule has 2 fully saturated rings. The molecule has 0 spiro atoms. The Morgan fingerprint density at radius 1 is 1.14 bits per heavy atom. The van der Waals surface area contributed by atoms with Crippen LogP contribution in [0.25, 0.3) is 5.65 Å². The Balaban J connectivity index is 0.00000240. The summed E-state index contributed by atoms with van der Waals surface area (Å²) in [5, 5.41) is 15.6. The number of hydrogen-bond acceptors (Lipinski definition) is 4. The molecular formula is C21H34IN7. The van der Waals surface area contributed by atoms with Gasteiger partial charge < -0.3 is 15.5 Å². The van der Waals surface area contributed by atoms with E-state index in [9.17, 15) is 0 Å². The van der Waals surface area contributed by atoms with Gasteiger partial charge in [0.05, 0.1) is 0 Å². The van der Waals surface area contributed by atoms with Gasteiger partial charge in [-0.1, -0.05) is 18.9 Å². The van der Waals surface area contributed by atoms with Crippen molar-refractivity contribution >= 4 is 35.6 Å². The first-order chi connectivity index (χ1) is 13.8. The van der Waals surface area contributed by atoms with Crippen LogP contribution in [0.3, 0.4) is 0 Å². The van der Waals surface area contributed by atoms with Crippen molar-refractivity contribution in [3.05, 3.63) is 30.2 Å². The lowest BCUT2D eigenvalue weighted by Crippen LogP contribution is -2.50. The Bertz CT molecular complexity index is 776. The molecule has 0 unspecified atom stereocenters. The number of nitrogens with one attached hydrogen (secondary N) is 2. The molecule has 2 aliphatic rings. The van der Waals surface area contributed by atoms with Gasteiger partial charge in [0.25, 0.3) is 0 Å². The Labute approximate surface area is 190 Å². The summed E-state index contributed by atoms with van der Waals surface area (Å²) in [6.45, 7) is 3.32. The first kappa shape index (κ1) is 22.3. The number of aromatic nitrogens is 3. The molecule has 2 aromatic heterocycles. The molecule has 0 atom stereocenters. The predicted molar refractivity (Wildman–Crippen MR) is 128 cm³/mol. The molecule has 29 heavy (non-hydrogen) atoms. The lowest BCUT2D eigenvalue weighted by molar-refractivity contribution is 0.150. The lowest BCUT2D eigenvalue weighted by Gasteiger charge is -2.36. The van der Waals surface area contributed by atoms with E-state index >= 15 is 0 Å². The number of hydrogen-bond donors (Lipinski definition) is 2. The smallest absolute Gasteiger partial charge is 0.191 e. The number of nitrogens with zero attached hydrogens (tertiary/aromatic N) is 5. The van der Waals surface area contributed by atoms with Crippen molar-refractivity contribution in [1.82, 2.24) is 30.1 Å². The highest BCUT2D eigenvalue weighted by molar-refractivity contribution is 14.0. The Morgan fingerprint density at radius 2 is 1.93 bits per heavy atom. The maximum atomic E-state index is 4.41. The molecule has 0 bridgehead atoms. The topological polar surface area (TPSA) is 69.8 Å². The fourth-order valence-electron chi connectivity index (χ4n) is 4.58. The fraction of sp³-hybridized carbons (Fsp3) is 0.667. The van der Waals surface area contributed by atoms with E-state index in [4.69, 9.17) is 0 Å². The van der Waals surface area contributed by atoms with Gasteiger partial charge in [-0.25, -0.2) is 0 Å². The number of pyridine rings is 1. The van der Waals surface area contributed by atoms with Gasteiger partial charge in [-0.15, -0.1) is 34.2 Å². The molecule has 0 radical (unpaired) electrons. The quantitative estimate of drug-likeness (QED) is 0.270. The third kappa shape index (κ3) is 5.81. The van der Waals surface area contributed by atoms with E-state index in [-0.39, 0.29) is 24.0 Å². The van der Waals surface area contributed by atoms with Crippen LogP contribution in [0.15, 0.2) is 29.4 Å². The Morgan fingerprint density at radius 3 is 2.69 bits per heavy atom. The summed E-state index contributed by atoms with van der Waals surface area (Å²) in [4.78, 5) is 7.12. The van der Waals surface area contributed by atoms with Crippen LogP contribution >= 0.6 is 24.0 Å². The van der Waals surface area contributed by atoms with Crippen LogP contribution in [0.1, 0.15) is 50.8 Å². The minimum Gasteiger partial charge on any atom is -0.356 e. The molecule has 160 valence electrons. The first-order valence-corrected chi connectivity index (χ1v) is 10.8. The zero-order chi connectivity index (χ0) is 19.2. The van der Waals surface area contributed by atoms with Gasteiger partial charge in [-0.3, -0.25) is 9.39 Å². The molecule has 1 aliphatic heterocycles. The molecule has 1 aliphatic carbocycles. The number of fused-ring (bicyclic) bond motifs is 1. The minimum absolute atomic E-state index is 0. The average Bonchev–Trinajstić information content (AvgIpc) is 3.41. The van der Waals surface area contributed by atoms with Crippen molar-refractivity contribution in [3.8, 4) is 0 Å². The van der Waals surface area contributed by atoms with Gasteiger partial charge in [-0.05, 0) is 44.2 Å². The zero-order valence-electron chi connectivity index (χ0n) is 17.4. The number of guanidine groups is 1. The van der Waals surface area contributed by atoms with Crippen LogP contribution in [0.2, 0.25) is 0 Å². The summed E-state index contributed by atoms with van der Waals surface area (Å²) < 4.78 is 2.06. The highest BCUT2D eigenvalue weighted by Crippen LogP contribution is 2.26. The fourth-order valence-corrected chi connectivity index (χ4v) is 4.58. The maximum Gasteiger partial charge on any atom is 0.191 e. The maximum absolute atomic E-state index is 4.41. The average molecular weight is 511 g/mol. The Kier molecular flexibility index (Phi) is 8.53. The van der Waals surface area contributed by atoms with Crippen molar-refractivity contribution < 1.29 is 0 Å². The van der Waals surface area contributed by atoms with Gasteiger partial charge in [0.15, 0.2) is 11.6 Å². The highest BCUT2D eigenvalue weighted by Gasteiger charge is 2.27. The normalized spacial score (nSPS) is 19.4. The van der Waals surface area contributed by atoms with Crippen LogP contribution in [0.4, 0.5) is 0 Å². The van der Waals surface area contributed by atoms with Gasteiger partial charge in [-0.2, -0.15) is 0 Å². The van der Waals surface area contributed by atoms with Gasteiger partial charge >= 0.3 is 0 Å². The van der Waals surface area contributed by atoms with Crippen molar-refractivity contribution in [2.24, 2.45) is 4.99 Å². The van der Waals surface area contributed by atoms with Gasteiger partial charge in [0.2, 0.25) is 0 Å². The first-order valence-electron chi connectivity index (χ1n) is 10.8. The van der Waals surface area contributed by atoms with Crippen LogP contribution in [0.5, 0.6) is 0 Å². The highest BCUT2D eigenvalue weighted by atomic mass is 127. The second-order valence-corrected chi connectivity index (χ2v) is 8.04. The molecule has 1 saturated heterocycles. The molecule has 1 saturated carbocycles. The molecule has 2 N–H and O–H groups in total. The van der Waals surface area contributed by atoms with E-state index in [0.29, 0.717) is 6.04 Å². The number of piperidine rings is 1. The standard InChI is InChI=1S/C21H33N7.HI/c1-22-21(24-17-11-15-27(16-12-17)18-7-2-3-8-18)23-13-6-10-20-26-25-19-9-4-5-14-28(19)20;/h4-5,9,14,17-18H,2-3,6-8,10-13,15-16H2,1H3,(H2,22,23,24);1H. The monoisotopic (exact) mass is 511 g/mol. The summed E-state index contributed by atoms with van der Waals surface area (Å²) in [5.74, 6) is 1.94. The van der Waals surface area contributed by atoms with E-state index < -0.39 is 0 Å². The third-order valence-electron chi connectivity index (χ3n) is 6.19. The SMILES string of the molecule is CN=C(NCCCc1nnc2ccccn12)NC1CCN(C2CCCC2)CC1.I. The number of aliphatic imine (C=N–C) groups is 1. The lowest BCUT2D eigenvalue weighted by atomic mass is 10.0. The summed E-state index contributed by atoms with van der Waals surface area (Å²) in [6.07, 6.45) is 12.0. The molecule has 7 nitrogen and oxygen atoms in total. The largest absolute Gasteiger partial charge is 0.356 e. The van der Waals surface area contributed by atoms with Crippen molar-refractivity contribution in [3.63, 3.8) is 0 Å². The number of likely N-dealkylation sites (tertiary alicyclic amines) is 1. The van der Waals surface area contributed by atoms with Crippen LogP contribution in [0, 0.1) is 0 Å². The minimum atomic E-state index is 0. The van der Waals surface area contributed by atoms with Crippen LogP contribution in [-0.4, -0.2) is 64.2 Å². The van der Waals surface area contributed by atoms with Crippen molar-refractivity contribution in [1.29, 1.82) is 0 Å². The molecule has 0 amide bonds. The van der Waals surface area contributed by atoms with Crippen molar-refractivity contribution in [2.75, 3.05) is 26.7 Å². The number of halogens is 1. The second kappa shape index (κ2) is 11.1. The van der Waals surface area contributed by atoms with Crippen LogP contribution in [-0.2, 0) is 6.42 Å². The summed E-state index contributed by atoms with van der Waals surface area (Å²) >= 11 is 0.